The van der Waals surface area contributed by atoms with Crippen LogP contribution in [0, 0.1) is 6.92 Å². The van der Waals surface area contributed by atoms with Crippen LogP contribution in [-0.4, -0.2) is 24.1 Å². The maximum Gasteiger partial charge on any atom is 0.277 e. The number of nitrogens with one attached hydrogen (secondary N) is 2. The Morgan fingerprint density at radius 1 is 1.19 bits per heavy atom. The number of amides is 2. The molecule has 2 N–H and O–H groups in total. The average Bonchev–Trinajstić information content (AvgIpc) is 2.61. The standard InChI is InChI=1S/C19H19BrClN3O3/c1-12-8-16(6-7-17(12)20)27-11-19(26)24-23-13(2)9-18(25)22-15-5-3-4-14(21)10-15/h3-8,10H,9,11H2,1-2H3,(H,22,25)(H,24,26)/b23-13+. The number of benzene rings is 2. The zero-order valence-corrected chi connectivity index (χ0v) is 17.2. The minimum atomic E-state index is -0.412. The summed E-state index contributed by atoms with van der Waals surface area (Å²) in [7, 11) is 0. The molecule has 27 heavy (non-hydrogen) atoms. The highest BCUT2D eigenvalue weighted by Gasteiger charge is 2.07. The van der Waals surface area contributed by atoms with Crippen molar-refractivity contribution < 1.29 is 14.3 Å². The first-order valence-corrected chi connectivity index (χ1v) is 9.27. The van der Waals surface area contributed by atoms with Gasteiger partial charge in [0.15, 0.2) is 6.61 Å². The lowest BCUT2D eigenvalue weighted by molar-refractivity contribution is -0.123. The Morgan fingerprint density at radius 2 is 1.96 bits per heavy atom. The summed E-state index contributed by atoms with van der Waals surface area (Å²) in [5.74, 6) is -0.0769. The Kier molecular flexibility index (Phi) is 7.82. The lowest BCUT2D eigenvalue weighted by Gasteiger charge is -2.08. The maximum atomic E-state index is 12.0. The van der Waals surface area contributed by atoms with E-state index >= 15 is 0 Å². The first-order valence-electron chi connectivity index (χ1n) is 8.10. The number of halogens is 2. The van der Waals surface area contributed by atoms with E-state index in [2.05, 4.69) is 31.8 Å². The van der Waals surface area contributed by atoms with Gasteiger partial charge in [-0.05, 0) is 55.8 Å². The van der Waals surface area contributed by atoms with Crippen molar-refractivity contribution in [3.05, 3.63) is 57.5 Å². The van der Waals surface area contributed by atoms with E-state index in [0.29, 0.717) is 22.2 Å². The molecule has 0 spiro atoms. The normalized spacial score (nSPS) is 11.0. The molecule has 0 atom stereocenters. The summed E-state index contributed by atoms with van der Waals surface area (Å²) in [4.78, 5) is 23.8. The number of hydrogen-bond acceptors (Lipinski definition) is 4. The van der Waals surface area contributed by atoms with Crippen LogP contribution in [0.4, 0.5) is 5.69 Å². The van der Waals surface area contributed by atoms with E-state index in [-0.39, 0.29) is 18.9 Å². The van der Waals surface area contributed by atoms with Crippen LogP contribution in [0.5, 0.6) is 5.75 Å². The number of carbonyl (C=O) groups excluding carboxylic acids is 2. The molecule has 2 aromatic rings. The van der Waals surface area contributed by atoms with Gasteiger partial charge in [-0.25, -0.2) is 5.43 Å². The van der Waals surface area contributed by atoms with Crippen molar-refractivity contribution in [1.82, 2.24) is 5.43 Å². The molecule has 142 valence electrons. The first-order chi connectivity index (χ1) is 12.8. The Bertz CT molecular complexity index is 871. The van der Waals surface area contributed by atoms with Crippen LogP contribution in [0.2, 0.25) is 5.02 Å². The van der Waals surface area contributed by atoms with E-state index < -0.39 is 5.91 Å². The molecule has 2 rings (SSSR count). The highest BCUT2D eigenvalue weighted by atomic mass is 79.9. The van der Waals surface area contributed by atoms with Gasteiger partial charge in [0, 0.05) is 20.9 Å². The number of anilines is 1. The van der Waals surface area contributed by atoms with E-state index in [1.807, 2.05) is 19.1 Å². The van der Waals surface area contributed by atoms with Gasteiger partial charge in [-0.1, -0.05) is 33.6 Å². The maximum absolute atomic E-state index is 12.0. The third-order valence-electron chi connectivity index (χ3n) is 3.40. The van der Waals surface area contributed by atoms with Crippen LogP contribution in [0.15, 0.2) is 52.0 Å². The molecule has 0 radical (unpaired) electrons. The average molecular weight is 453 g/mol. The van der Waals surface area contributed by atoms with Gasteiger partial charge in [-0.15, -0.1) is 0 Å². The van der Waals surface area contributed by atoms with Crippen LogP contribution in [0.3, 0.4) is 0 Å². The summed E-state index contributed by atoms with van der Waals surface area (Å²) in [5.41, 5.74) is 4.44. The molecule has 0 aliphatic carbocycles. The molecule has 0 saturated heterocycles. The van der Waals surface area contributed by atoms with Gasteiger partial charge in [0.05, 0.1) is 6.42 Å². The van der Waals surface area contributed by atoms with Gasteiger partial charge in [0.25, 0.3) is 5.91 Å². The zero-order chi connectivity index (χ0) is 19.8. The monoisotopic (exact) mass is 451 g/mol. The number of nitrogens with zero attached hydrogens (tertiary/aromatic N) is 1. The SMILES string of the molecule is C/C(CC(=O)Nc1cccc(Cl)c1)=N\NC(=O)COc1ccc(Br)c(C)c1. The number of carbonyl (C=O) groups is 2. The third kappa shape index (κ3) is 7.40. The molecule has 0 saturated carbocycles. The highest BCUT2D eigenvalue weighted by Crippen LogP contribution is 2.21. The zero-order valence-electron chi connectivity index (χ0n) is 14.9. The quantitative estimate of drug-likeness (QED) is 0.485. The Balaban J connectivity index is 1.77. The molecule has 0 aliphatic rings. The molecule has 0 bridgehead atoms. The van der Waals surface area contributed by atoms with Crippen molar-refractivity contribution in [2.24, 2.45) is 5.10 Å². The summed E-state index contributed by atoms with van der Waals surface area (Å²) < 4.78 is 6.38. The molecule has 2 amide bonds. The van der Waals surface area contributed by atoms with Crippen molar-refractivity contribution in [2.45, 2.75) is 20.3 Å². The van der Waals surface area contributed by atoms with Crippen LogP contribution in [0.1, 0.15) is 18.9 Å². The summed E-state index contributed by atoms with van der Waals surface area (Å²) >= 11 is 9.27. The molecule has 0 heterocycles. The van der Waals surface area contributed by atoms with E-state index in [4.69, 9.17) is 16.3 Å². The van der Waals surface area contributed by atoms with Crippen molar-refractivity contribution in [3.8, 4) is 5.75 Å². The number of ether oxygens (including phenoxy) is 1. The van der Waals surface area contributed by atoms with Crippen molar-refractivity contribution >= 4 is 50.7 Å². The predicted molar refractivity (Wildman–Crippen MR) is 110 cm³/mol. The highest BCUT2D eigenvalue weighted by molar-refractivity contribution is 9.10. The summed E-state index contributed by atoms with van der Waals surface area (Å²) in [6.07, 6.45) is 0.0412. The molecule has 0 unspecified atom stereocenters. The molecule has 0 aromatic heterocycles. The minimum absolute atomic E-state index is 0.0412. The predicted octanol–water partition coefficient (Wildman–Crippen LogP) is 4.31. The lowest BCUT2D eigenvalue weighted by Crippen LogP contribution is -2.26. The molecule has 0 aliphatic heterocycles. The largest absolute Gasteiger partial charge is 0.484 e. The summed E-state index contributed by atoms with van der Waals surface area (Å²) in [6, 6.07) is 12.3. The second-order valence-corrected chi connectivity index (χ2v) is 7.11. The summed E-state index contributed by atoms with van der Waals surface area (Å²) in [6.45, 7) is 3.41. The topological polar surface area (TPSA) is 79.8 Å². The lowest BCUT2D eigenvalue weighted by atomic mass is 10.2. The molecule has 0 fully saturated rings. The van der Waals surface area contributed by atoms with Gasteiger partial charge < -0.3 is 10.1 Å². The van der Waals surface area contributed by atoms with Gasteiger partial charge >= 0.3 is 0 Å². The second kappa shape index (κ2) is 10.1. The van der Waals surface area contributed by atoms with Crippen LogP contribution in [0.25, 0.3) is 0 Å². The fraction of sp³-hybridized carbons (Fsp3) is 0.211. The molecular formula is C19H19BrClN3O3. The fourth-order valence-electron chi connectivity index (χ4n) is 2.09. The second-order valence-electron chi connectivity index (χ2n) is 5.82. The third-order valence-corrected chi connectivity index (χ3v) is 4.52. The van der Waals surface area contributed by atoms with E-state index in [9.17, 15) is 9.59 Å². The number of hydrogen-bond donors (Lipinski definition) is 2. The van der Waals surface area contributed by atoms with E-state index in [0.717, 1.165) is 10.0 Å². The molecule has 6 nitrogen and oxygen atoms in total. The number of rotatable bonds is 7. The summed E-state index contributed by atoms with van der Waals surface area (Å²) in [5, 5.41) is 7.16. The molecule has 2 aromatic carbocycles. The first kappa shape index (κ1) is 20.9. The number of aryl methyl sites for hydroxylation is 1. The van der Waals surface area contributed by atoms with Gasteiger partial charge in [0.2, 0.25) is 5.91 Å². The van der Waals surface area contributed by atoms with Crippen LogP contribution in [-0.2, 0) is 9.59 Å². The van der Waals surface area contributed by atoms with E-state index in [1.165, 1.54) is 0 Å². The van der Waals surface area contributed by atoms with Crippen molar-refractivity contribution in [3.63, 3.8) is 0 Å². The Hall–Kier alpha value is -2.38. The van der Waals surface area contributed by atoms with Crippen LogP contribution < -0.4 is 15.5 Å². The van der Waals surface area contributed by atoms with Crippen LogP contribution >= 0.6 is 27.5 Å². The van der Waals surface area contributed by atoms with Crippen molar-refractivity contribution in [1.29, 1.82) is 0 Å². The van der Waals surface area contributed by atoms with E-state index in [1.54, 1.807) is 37.3 Å². The van der Waals surface area contributed by atoms with Crippen molar-refractivity contribution in [2.75, 3.05) is 11.9 Å². The molecular weight excluding hydrogens is 434 g/mol. The Labute approximate surface area is 171 Å². The van der Waals surface area contributed by atoms with Gasteiger partial charge in [-0.2, -0.15) is 5.10 Å². The van der Waals surface area contributed by atoms with Gasteiger partial charge in [-0.3, -0.25) is 9.59 Å². The smallest absolute Gasteiger partial charge is 0.277 e. The minimum Gasteiger partial charge on any atom is -0.484 e. The fourth-order valence-corrected chi connectivity index (χ4v) is 2.53. The van der Waals surface area contributed by atoms with Gasteiger partial charge in [0.1, 0.15) is 5.75 Å². The Morgan fingerprint density at radius 3 is 2.67 bits per heavy atom. The number of hydrazone groups is 1. The molecule has 8 heteroatoms.